The standard InChI is InChI=1S/C19H17NO5/c1-22-15-10-14(11-16(23-2)18(15)24-3)17(21)12-5-4-6-13(9-12)19-20-7-8-25-19/h4-11H,1-3H3. The molecule has 0 aliphatic carbocycles. The summed E-state index contributed by atoms with van der Waals surface area (Å²) < 4.78 is 21.2. The summed E-state index contributed by atoms with van der Waals surface area (Å²) in [6.45, 7) is 0. The highest BCUT2D eigenvalue weighted by Gasteiger charge is 2.18. The van der Waals surface area contributed by atoms with Crippen molar-refractivity contribution in [2.75, 3.05) is 21.3 Å². The van der Waals surface area contributed by atoms with Gasteiger partial charge in [-0.3, -0.25) is 4.79 Å². The molecule has 128 valence electrons. The van der Waals surface area contributed by atoms with Crippen LogP contribution in [-0.4, -0.2) is 32.1 Å². The highest BCUT2D eigenvalue weighted by molar-refractivity contribution is 6.10. The van der Waals surface area contributed by atoms with E-state index in [1.165, 1.54) is 27.6 Å². The summed E-state index contributed by atoms with van der Waals surface area (Å²) in [5.41, 5.74) is 1.66. The van der Waals surface area contributed by atoms with Crippen LogP contribution >= 0.6 is 0 Å². The summed E-state index contributed by atoms with van der Waals surface area (Å²) in [5.74, 6) is 1.57. The largest absolute Gasteiger partial charge is 0.493 e. The van der Waals surface area contributed by atoms with Gasteiger partial charge in [0.1, 0.15) is 6.26 Å². The van der Waals surface area contributed by atoms with Gasteiger partial charge in [0, 0.05) is 16.7 Å². The molecule has 1 heterocycles. The predicted molar refractivity (Wildman–Crippen MR) is 91.5 cm³/mol. The molecule has 0 fully saturated rings. The Morgan fingerprint density at radius 1 is 0.960 bits per heavy atom. The van der Waals surface area contributed by atoms with Crippen molar-refractivity contribution in [3.8, 4) is 28.7 Å². The van der Waals surface area contributed by atoms with Crippen molar-refractivity contribution in [2.24, 2.45) is 0 Å². The number of benzene rings is 2. The number of oxazole rings is 1. The Labute approximate surface area is 145 Å². The Hall–Kier alpha value is -3.28. The average Bonchev–Trinajstić information content (AvgIpc) is 3.21. The summed E-state index contributed by atoms with van der Waals surface area (Å²) in [5, 5.41) is 0. The number of nitrogens with zero attached hydrogens (tertiary/aromatic N) is 1. The van der Waals surface area contributed by atoms with Crippen LogP contribution in [0.5, 0.6) is 17.2 Å². The molecule has 0 amide bonds. The molecule has 3 aromatic rings. The van der Waals surface area contributed by atoms with Crippen LogP contribution in [-0.2, 0) is 0 Å². The van der Waals surface area contributed by atoms with E-state index in [0.717, 1.165) is 5.56 Å². The van der Waals surface area contributed by atoms with Crippen molar-refractivity contribution in [1.29, 1.82) is 0 Å². The van der Waals surface area contributed by atoms with Crippen LogP contribution in [0.4, 0.5) is 0 Å². The fraction of sp³-hybridized carbons (Fsp3) is 0.158. The van der Waals surface area contributed by atoms with Gasteiger partial charge in [0.05, 0.1) is 27.5 Å². The number of hydrogen-bond donors (Lipinski definition) is 0. The fourth-order valence-corrected chi connectivity index (χ4v) is 2.54. The van der Waals surface area contributed by atoms with Gasteiger partial charge in [-0.1, -0.05) is 12.1 Å². The Kier molecular flexibility index (Phi) is 4.70. The van der Waals surface area contributed by atoms with Crippen molar-refractivity contribution in [3.63, 3.8) is 0 Å². The molecule has 6 heteroatoms. The van der Waals surface area contributed by atoms with Gasteiger partial charge in [-0.2, -0.15) is 0 Å². The molecule has 6 nitrogen and oxygen atoms in total. The monoisotopic (exact) mass is 339 g/mol. The van der Waals surface area contributed by atoms with Gasteiger partial charge in [-0.15, -0.1) is 0 Å². The molecule has 0 aliphatic heterocycles. The zero-order chi connectivity index (χ0) is 17.8. The van der Waals surface area contributed by atoms with Gasteiger partial charge in [-0.25, -0.2) is 4.98 Å². The highest BCUT2D eigenvalue weighted by atomic mass is 16.5. The number of ketones is 1. The molecule has 2 aromatic carbocycles. The van der Waals surface area contributed by atoms with Gasteiger partial charge in [0.25, 0.3) is 0 Å². The van der Waals surface area contributed by atoms with Crippen LogP contribution < -0.4 is 14.2 Å². The van der Waals surface area contributed by atoms with Crippen molar-refractivity contribution in [3.05, 3.63) is 60.0 Å². The molecule has 3 rings (SSSR count). The van der Waals surface area contributed by atoms with Crippen LogP contribution in [0.2, 0.25) is 0 Å². The first kappa shape index (κ1) is 16.6. The highest BCUT2D eigenvalue weighted by Crippen LogP contribution is 2.38. The first-order valence-electron chi connectivity index (χ1n) is 7.52. The first-order chi connectivity index (χ1) is 12.2. The Bertz CT molecular complexity index is 862. The van der Waals surface area contributed by atoms with E-state index in [2.05, 4.69) is 4.98 Å². The number of methoxy groups -OCH3 is 3. The second-order valence-corrected chi connectivity index (χ2v) is 5.16. The molecule has 0 bridgehead atoms. The Balaban J connectivity index is 2.02. The lowest BCUT2D eigenvalue weighted by atomic mass is 10.0. The van der Waals surface area contributed by atoms with E-state index in [1.807, 2.05) is 6.07 Å². The molecular weight excluding hydrogens is 322 g/mol. The third-order valence-corrected chi connectivity index (χ3v) is 3.73. The van der Waals surface area contributed by atoms with Gasteiger partial charge in [0.2, 0.25) is 11.6 Å². The lowest BCUT2D eigenvalue weighted by molar-refractivity contribution is 0.103. The van der Waals surface area contributed by atoms with Gasteiger partial charge >= 0.3 is 0 Å². The van der Waals surface area contributed by atoms with E-state index >= 15 is 0 Å². The SMILES string of the molecule is COc1cc(C(=O)c2cccc(-c3ncco3)c2)cc(OC)c1OC. The molecule has 0 saturated heterocycles. The van der Waals surface area contributed by atoms with E-state index in [-0.39, 0.29) is 5.78 Å². The number of carbonyl (C=O) groups is 1. The molecule has 25 heavy (non-hydrogen) atoms. The quantitative estimate of drug-likeness (QED) is 0.639. The molecule has 0 spiro atoms. The van der Waals surface area contributed by atoms with E-state index in [1.54, 1.807) is 36.5 Å². The minimum absolute atomic E-state index is 0.173. The normalized spacial score (nSPS) is 10.4. The van der Waals surface area contributed by atoms with Crippen molar-refractivity contribution < 1.29 is 23.4 Å². The van der Waals surface area contributed by atoms with Crippen molar-refractivity contribution in [1.82, 2.24) is 4.98 Å². The molecular formula is C19H17NO5. The zero-order valence-electron chi connectivity index (χ0n) is 14.1. The molecule has 0 N–H and O–H groups in total. The Morgan fingerprint density at radius 2 is 1.68 bits per heavy atom. The van der Waals surface area contributed by atoms with Crippen LogP contribution in [0.25, 0.3) is 11.5 Å². The lowest BCUT2D eigenvalue weighted by Crippen LogP contribution is -2.04. The fourth-order valence-electron chi connectivity index (χ4n) is 2.54. The molecule has 0 saturated carbocycles. The summed E-state index contributed by atoms with van der Waals surface area (Å²) in [4.78, 5) is 17.0. The van der Waals surface area contributed by atoms with Crippen LogP contribution in [0.3, 0.4) is 0 Å². The second-order valence-electron chi connectivity index (χ2n) is 5.16. The second kappa shape index (κ2) is 7.09. The molecule has 0 radical (unpaired) electrons. The van der Waals surface area contributed by atoms with Crippen LogP contribution in [0, 0.1) is 0 Å². The maximum atomic E-state index is 12.9. The van der Waals surface area contributed by atoms with E-state index in [0.29, 0.717) is 34.3 Å². The van der Waals surface area contributed by atoms with Crippen LogP contribution in [0.15, 0.2) is 53.3 Å². The molecule has 1 aromatic heterocycles. The summed E-state index contributed by atoms with van der Waals surface area (Å²) in [6.07, 6.45) is 3.05. The maximum Gasteiger partial charge on any atom is 0.225 e. The minimum atomic E-state index is -0.173. The number of rotatable bonds is 6. The van der Waals surface area contributed by atoms with Gasteiger partial charge < -0.3 is 18.6 Å². The third-order valence-electron chi connectivity index (χ3n) is 3.73. The zero-order valence-corrected chi connectivity index (χ0v) is 14.1. The summed E-state index contributed by atoms with van der Waals surface area (Å²) in [6, 6.07) is 10.3. The van der Waals surface area contributed by atoms with E-state index < -0.39 is 0 Å². The molecule has 0 unspecified atom stereocenters. The number of carbonyl (C=O) groups excluding carboxylic acids is 1. The van der Waals surface area contributed by atoms with Crippen molar-refractivity contribution >= 4 is 5.78 Å². The average molecular weight is 339 g/mol. The van der Waals surface area contributed by atoms with E-state index in [9.17, 15) is 4.79 Å². The third kappa shape index (κ3) is 3.19. The number of ether oxygens (including phenoxy) is 3. The molecule has 0 atom stereocenters. The molecule has 0 aliphatic rings. The van der Waals surface area contributed by atoms with E-state index in [4.69, 9.17) is 18.6 Å². The number of aromatic nitrogens is 1. The maximum absolute atomic E-state index is 12.9. The van der Waals surface area contributed by atoms with Crippen LogP contribution in [0.1, 0.15) is 15.9 Å². The number of hydrogen-bond acceptors (Lipinski definition) is 6. The minimum Gasteiger partial charge on any atom is -0.493 e. The van der Waals surface area contributed by atoms with Gasteiger partial charge in [-0.05, 0) is 24.3 Å². The first-order valence-corrected chi connectivity index (χ1v) is 7.52. The summed E-state index contributed by atoms with van der Waals surface area (Å²) >= 11 is 0. The Morgan fingerprint density at radius 3 is 2.24 bits per heavy atom. The predicted octanol–water partition coefficient (Wildman–Crippen LogP) is 3.60. The summed E-state index contributed by atoms with van der Waals surface area (Å²) in [7, 11) is 4.53. The topological polar surface area (TPSA) is 70.8 Å². The lowest BCUT2D eigenvalue weighted by Gasteiger charge is -2.13. The smallest absolute Gasteiger partial charge is 0.225 e. The van der Waals surface area contributed by atoms with Crippen molar-refractivity contribution in [2.45, 2.75) is 0 Å². The van der Waals surface area contributed by atoms with Gasteiger partial charge in [0.15, 0.2) is 17.3 Å².